The van der Waals surface area contributed by atoms with Gasteiger partial charge in [0, 0.05) is 4.92 Å². The van der Waals surface area contributed by atoms with E-state index in [1.165, 1.54) is 28.4 Å². The van der Waals surface area contributed by atoms with Gasteiger partial charge >= 0.3 is 5.97 Å². The third kappa shape index (κ3) is 5.56. The fraction of sp³-hybridized carbons (Fsp3) is 0.409. The molecule has 0 aromatic heterocycles. The Hall–Kier alpha value is -3.49. The summed E-state index contributed by atoms with van der Waals surface area (Å²) in [6.45, 7) is 1.33. The van der Waals surface area contributed by atoms with E-state index in [1.54, 1.807) is 43.3 Å². The Kier molecular flexibility index (Phi) is 8.48. The summed E-state index contributed by atoms with van der Waals surface area (Å²) in [6.07, 6.45) is 0. The third-order valence-corrected chi connectivity index (χ3v) is 4.89. The fourth-order valence-corrected chi connectivity index (χ4v) is 3.46. The van der Waals surface area contributed by atoms with Crippen LogP contribution in [-0.4, -0.2) is 52.5 Å². The van der Waals surface area contributed by atoms with Crippen molar-refractivity contribution in [2.24, 2.45) is 0 Å². The summed E-state index contributed by atoms with van der Waals surface area (Å²) < 4.78 is 26.5. The van der Waals surface area contributed by atoms with Gasteiger partial charge in [-0.3, -0.25) is 14.9 Å². The molecule has 0 heterocycles. The third-order valence-electron chi connectivity index (χ3n) is 4.89. The summed E-state index contributed by atoms with van der Waals surface area (Å²) in [5, 5.41) is 11.6. The fourth-order valence-electron chi connectivity index (χ4n) is 3.46. The van der Waals surface area contributed by atoms with Gasteiger partial charge in [0.05, 0.1) is 46.9 Å². The maximum atomic E-state index is 13.0. The molecule has 2 atom stereocenters. The quantitative estimate of drug-likeness (QED) is 0.301. The summed E-state index contributed by atoms with van der Waals surface area (Å²) >= 11 is 0. The summed E-state index contributed by atoms with van der Waals surface area (Å²) in [6, 6.07) is 9.93. The van der Waals surface area contributed by atoms with Gasteiger partial charge in [0.15, 0.2) is 23.0 Å². The van der Waals surface area contributed by atoms with E-state index >= 15 is 0 Å². The van der Waals surface area contributed by atoms with Crippen molar-refractivity contribution < 1.29 is 33.4 Å². The summed E-state index contributed by atoms with van der Waals surface area (Å²) in [5.41, 5.74) is 1.06. The number of benzene rings is 2. The van der Waals surface area contributed by atoms with Gasteiger partial charge in [-0.15, -0.1) is 0 Å². The zero-order valence-electron chi connectivity index (χ0n) is 18.2. The van der Waals surface area contributed by atoms with Crippen LogP contribution in [0.5, 0.6) is 23.0 Å². The summed E-state index contributed by atoms with van der Waals surface area (Å²) in [4.78, 5) is 24.1. The molecule has 0 bridgehead atoms. The molecule has 0 aliphatic heterocycles. The van der Waals surface area contributed by atoms with Gasteiger partial charge in [-0.05, 0) is 42.3 Å². The molecule has 168 valence electrons. The van der Waals surface area contributed by atoms with Crippen molar-refractivity contribution in [2.75, 3.05) is 41.6 Å². The molecule has 2 aromatic rings. The number of carbonyl (C=O) groups is 1. The normalized spacial score (nSPS) is 12.4. The Labute approximate surface area is 181 Å². The molecule has 0 saturated heterocycles. The van der Waals surface area contributed by atoms with E-state index < -0.39 is 29.3 Å². The largest absolute Gasteiger partial charge is 0.493 e. The van der Waals surface area contributed by atoms with Gasteiger partial charge < -0.3 is 23.7 Å². The number of carbonyl (C=O) groups excluding carboxylic acids is 1. The van der Waals surface area contributed by atoms with E-state index in [2.05, 4.69) is 0 Å². The highest BCUT2D eigenvalue weighted by molar-refractivity contribution is 5.80. The number of ether oxygens (including phenoxy) is 5. The maximum absolute atomic E-state index is 13.0. The Balaban J connectivity index is 2.66. The van der Waals surface area contributed by atoms with Crippen molar-refractivity contribution in [3.05, 3.63) is 57.6 Å². The molecule has 9 heteroatoms. The summed E-state index contributed by atoms with van der Waals surface area (Å²) in [5.74, 6) is -0.591. The van der Waals surface area contributed by atoms with Crippen molar-refractivity contribution in [1.29, 1.82) is 0 Å². The van der Waals surface area contributed by atoms with E-state index in [0.29, 0.717) is 34.1 Å². The SMILES string of the molecule is CCOC(=O)[C@@H](c1ccc(OC)c(OC)c1)[C@@H](C[N+](=O)[O-])c1ccc(OC)c(OC)c1. The minimum Gasteiger partial charge on any atom is -0.493 e. The lowest BCUT2D eigenvalue weighted by atomic mass is 9.81. The van der Waals surface area contributed by atoms with Crippen molar-refractivity contribution in [2.45, 2.75) is 18.8 Å². The first-order chi connectivity index (χ1) is 14.9. The topological polar surface area (TPSA) is 106 Å². The maximum Gasteiger partial charge on any atom is 0.314 e. The van der Waals surface area contributed by atoms with Crippen LogP contribution in [0, 0.1) is 10.1 Å². The zero-order valence-corrected chi connectivity index (χ0v) is 18.2. The second-order valence-corrected chi connectivity index (χ2v) is 6.58. The predicted molar refractivity (Wildman–Crippen MR) is 113 cm³/mol. The molecule has 0 N–H and O–H groups in total. The molecular formula is C22H27NO8. The second-order valence-electron chi connectivity index (χ2n) is 6.58. The van der Waals surface area contributed by atoms with E-state index in [0.717, 1.165) is 0 Å². The van der Waals surface area contributed by atoms with Gasteiger partial charge in [0.1, 0.15) is 0 Å². The van der Waals surface area contributed by atoms with Crippen LogP contribution >= 0.6 is 0 Å². The number of esters is 1. The lowest BCUT2D eigenvalue weighted by Crippen LogP contribution is -2.28. The summed E-state index contributed by atoms with van der Waals surface area (Å²) in [7, 11) is 5.95. The molecule has 0 aliphatic carbocycles. The monoisotopic (exact) mass is 433 g/mol. The highest BCUT2D eigenvalue weighted by atomic mass is 16.6. The smallest absolute Gasteiger partial charge is 0.314 e. The zero-order chi connectivity index (χ0) is 23.0. The Morgan fingerprint density at radius 1 is 0.871 bits per heavy atom. The first kappa shape index (κ1) is 23.8. The van der Waals surface area contributed by atoms with Gasteiger partial charge in [-0.1, -0.05) is 12.1 Å². The van der Waals surface area contributed by atoms with E-state index in [1.807, 2.05) is 0 Å². The van der Waals surface area contributed by atoms with Crippen LogP contribution in [0.2, 0.25) is 0 Å². The Morgan fingerprint density at radius 3 is 1.81 bits per heavy atom. The minimum absolute atomic E-state index is 0.139. The molecule has 0 unspecified atom stereocenters. The highest BCUT2D eigenvalue weighted by Gasteiger charge is 2.37. The first-order valence-electron chi connectivity index (χ1n) is 9.62. The second kappa shape index (κ2) is 11.1. The first-order valence-corrected chi connectivity index (χ1v) is 9.62. The van der Waals surface area contributed by atoms with Crippen LogP contribution in [0.3, 0.4) is 0 Å². The van der Waals surface area contributed by atoms with Crippen LogP contribution in [-0.2, 0) is 9.53 Å². The number of rotatable bonds is 11. The number of methoxy groups -OCH3 is 4. The molecule has 2 aromatic carbocycles. The molecule has 9 nitrogen and oxygen atoms in total. The number of nitro groups is 1. The van der Waals surface area contributed by atoms with Crippen molar-refractivity contribution >= 4 is 5.97 Å². The van der Waals surface area contributed by atoms with Gasteiger partial charge in [-0.2, -0.15) is 0 Å². The van der Waals surface area contributed by atoms with E-state index in [4.69, 9.17) is 23.7 Å². The molecule has 31 heavy (non-hydrogen) atoms. The van der Waals surface area contributed by atoms with E-state index in [9.17, 15) is 14.9 Å². The highest BCUT2D eigenvalue weighted by Crippen LogP contribution is 2.40. The average Bonchev–Trinajstić information content (AvgIpc) is 2.77. The molecule has 0 saturated carbocycles. The van der Waals surface area contributed by atoms with Gasteiger partial charge in [0.25, 0.3) is 0 Å². The van der Waals surface area contributed by atoms with Crippen LogP contribution in [0.1, 0.15) is 29.9 Å². The Morgan fingerprint density at radius 2 is 1.35 bits per heavy atom. The number of hydrogen-bond donors (Lipinski definition) is 0. The number of hydrogen-bond acceptors (Lipinski definition) is 8. The predicted octanol–water partition coefficient (Wildman–Crippen LogP) is 3.43. The molecule has 0 aliphatic rings. The van der Waals surface area contributed by atoms with Crippen LogP contribution in [0.25, 0.3) is 0 Å². The lowest BCUT2D eigenvalue weighted by molar-refractivity contribution is -0.483. The molecule has 0 fully saturated rings. The lowest BCUT2D eigenvalue weighted by Gasteiger charge is -2.25. The van der Waals surface area contributed by atoms with Crippen LogP contribution in [0.15, 0.2) is 36.4 Å². The van der Waals surface area contributed by atoms with Crippen molar-refractivity contribution in [3.8, 4) is 23.0 Å². The van der Waals surface area contributed by atoms with Crippen molar-refractivity contribution in [3.63, 3.8) is 0 Å². The Bertz CT molecular complexity index is 914. The number of nitrogens with zero attached hydrogens (tertiary/aromatic N) is 1. The van der Waals surface area contributed by atoms with Crippen LogP contribution < -0.4 is 18.9 Å². The van der Waals surface area contributed by atoms with Gasteiger partial charge in [0.2, 0.25) is 6.54 Å². The average molecular weight is 433 g/mol. The van der Waals surface area contributed by atoms with Crippen LogP contribution in [0.4, 0.5) is 0 Å². The molecular weight excluding hydrogens is 406 g/mol. The standard InChI is InChI=1S/C22H27NO8/c1-6-31-22(24)21(15-8-10-18(28-3)20(12-15)30-5)16(13-23(25)26)14-7-9-17(27-2)19(11-14)29-4/h7-12,16,21H,6,13H2,1-5H3/t16-,21-/m0/s1. The van der Waals surface area contributed by atoms with E-state index in [-0.39, 0.29) is 6.61 Å². The molecule has 0 amide bonds. The van der Waals surface area contributed by atoms with Gasteiger partial charge in [-0.25, -0.2) is 0 Å². The molecule has 2 rings (SSSR count). The van der Waals surface area contributed by atoms with Crippen molar-refractivity contribution in [1.82, 2.24) is 0 Å². The minimum atomic E-state index is -0.955. The molecule has 0 radical (unpaired) electrons. The molecule has 0 spiro atoms.